The fourth-order valence-electron chi connectivity index (χ4n) is 3.54. The smallest absolute Gasteiger partial charge is 0.0339 e. The molecule has 0 radical (unpaired) electrons. The van der Waals surface area contributed by atoms with Crippen LogP contribution in [0.1, 0.15) is 44.2 Å². The van der Waals surface area contributed by atoms with Crippen LogP contribution in [0, 0.1) is 5.92 Å². The first-order chi connectivity index (χ1) is 10.3. The molecule has 2 aliphatic heterocycles. The molecule has 1 N–H and O–H groups in total. The first-order valence-corrected chi connectivity index (χ1v) is 9.49. The van der Waals surface area contributed by atoms with Crippen LogP contribution in [-0.2, 0) is 0 Å². The second-order valence-electron chi connectivity index (χ2n) is 6.60. The summed E-state index contributed by atoms with van der Waals surface area (Å²) in [7, 11) is 0. The van der Waals surface area contributed by atoms with Crippen molar-refractivity contribution < 1.29 is 0 Å². The van der Waals surface area contributed by atoms with Gasteiger partial charge in [0.1, 0.15) is 0 Å². The SMILES string of the molecule is CC(CNC1CCSc2ccccc21)CN1CCCCC1. The Morgan fingerprint density at radius 3 is 2.90 bits per heavy atom. The summed E-state index contributed by atoms with van der Waals surface area (Å²) in [5.41, 5.74) is 1.51. The molecule has 2 nitrogen and oxygen atoms in total. The highest BCUT2D eigenvalue weighted by Crippen LogP contribution is 2.35. The molecule has 1 fully saturated rings. The maximum Gasteiger partial charge on any atom is 0.0339 e. The first-order valence-electron chi connectivity index (χ1n) is 8.50. The molecule has 1 aromatic rings. The van der Waals surface area contributed by atoms with E-state index >= 15 is 0 Å². The summed E-state index contributed by atoms with van der Waals surface area (Å²) < 4.78 is 0. The Kier molecular flexibility index (Phi) is 5.61. The molecule has 21 heavy (non-hydrogen) atoms. The van der Waals surface area contributed by atoms with Gasteiger partial charge >= 0.3 is 0 Å². The monoisotopic (exact) mass is 304 g/mol. The highest BCUT2D eigenvalue weighted by Gasteiger charge is 2.21. The molecule has 0 saturated carbocycles. The Morgan fingerprint density at radius 2 is 2.05 bits per heavy atom. The molecule has 116 valence electrons. The Labute approximate surface area is 133 Å². The minimum atomic E-state index is 0.561. The van der Waals surface area contributed by atoms with E-state index in [1.807, 2.05) is 11.8 Å². The molecule has 2 heterocycles. The molecule has 0 aromatic heterocycles. The third kappa shape index (κ3) is 4.24. The molecule has 1 saturated heterocycles. The zero-order valence-electron chi connectivity index (χ0n) is 13.2. The van der Waals surface area contributed by atoms with Crippen molar-refractivity contribution in [2.45, 2.75) is 43.5 Å². The molecule has 0 amide bonds. The van der Waals surface area contributed by atoms with Crippen molar-refractivity contribution >= 4 is 11.8 Å². The van der Waals surface area contributed by atoms with Gasteiger partial charge in [-0.1, -0.05) is 31.5 Å². The number of nitrogens with zero attached hydrogens (tertiary/aromatic N) is 1. The molecule has 0 aliphatic carbocycles. The molecule has 2 atom stereocenters. The second-order valence-corrected chi connectivity index (χ2v) is 7.74. The Morgan fingerprint density at radius 1 is 1.24 bits per heavy atom. The van der Waals surface area contributed by atoms with Crippen LogP contribution < -0.4 is 5.32 Å². The zero-order valence-corrected chi connectivity index (χ0v) is 14.0. The van der Waals surface area contributed by atoms with Gasteiger partial charge in [-0.15, -0.1) is 11.8 Å². The van der Waals surface area contributed by atoms with Gasteiger partial charge in [-0.05, 0) is 62.2 Å². The van der Waals surface area contributed by atoms with Gasteiger partial charge in [-0.3, -0.25) is 0 Å². The fraction of sp³-hybridized carbons (Fsp3) is 0.667. The lowest BCUT2D eigenvalue weighted by molar-refractivity contribution is 0.197. The van der Waals surface area contributed by atoms with Crippen molar-refractivity contribution in [3.8, 4) is 0 Å². The quantitative estimate of drug-likeness (QED) is 0.887. The van der Waals surface area contributed by atoms with Gasteiger partial charge in [0.25, 0.3) is 0 Å². The van der Waals surface area contributed by atoms with E-state index in [-0.39, 0.29) is 0 Å². The van der Waals surface area contributed by atoms with Crippen LogP contribution >= 0.6 is 11.8 Å². The molecule has 0 bridgehead atoms. The van der Waals surface area contributed by atoms with Crippen molar-refractivity contribution in [1.29, 1.82) is 0 Å². The zero-order chi connectivity index (χ0) is 14.5. The van der Waals surface area contributed by atoms with Crippen LogP contribution in [0.4, 0.5) is 0 Å². The number of benzene rings is 1. The van der Waals surface area contributed by atoms with Crippen LogP contribution in [0.2, 0.25) is 0 Å². The van der Waals surface area contributed by atoms with E-state index in [0.717, 1.165) is 12.5 Å². The Bertz CT molecular complexity index is 443. The lowest BCUT2D eigenvalue weighted by Gasteiger charge is -2.31. The summed E-state index contributed by atoms with van der Waals surface area (Å²) in [5, 5.41) is 3.83. The lowest BCUT2D eigenvalue weighted by atomic mass is 10.0. The number of thioether (sulfide) groups is 1. The average Bonchev–Trinajstić information content (AvgIpc) is 2.54. The summed E-state index contributed by atoms with van der Waals surface area (Å²) >= 11 is 2.01. The third-order valence-corrected chi connectivity index (χ3v) is 5.81. The topological polar surface area (TPSA) is 15.3 Å². The van der Waals surface area contributed by atoms with Crippen molar-refractivity contribution in [3.05, 3.63) is 29.8 Å². The van der Waals surface area contributed by atoms with Gasteiger partial charge in [-0.25, -0.2) is 0 Å². The summed E-state index contributed by atoms with van der Waals surface area (Å²) in [4.78, 5) is 4.13. The van der Waals surface area contributed by atoms with Crippen LogP contribution in [0.25, 0.3) is 0 Å². The van der Waals surface area contributed by atoms with Gasteiger partial charge in [-0.2, -0.15) is 0 Å². The van der Waals surface area contributed by atoms with E-state index in [4.69, 9.17) is 0 Å². The maximum atomic E-state index is 3.83. The molecule has 3 rings (SSSR count). The van der Waals surface area contributed by atoms with Crippen LogP contribution in [-0.4, -0.2) is 36.8 Å². The third-order valence-electron chi connectivity index (χ3n) is 4.69. The van der Waals surface area contributed by atoms with Crippen molar-refractivity contribution in [2.75, 3.05) is 31.9 Å². The van der Waals surface area contributed by atoms with Gasteiger partial charge < -0.3 is 10.2 Å². The van der Waals surface area contributed by atoms with E-state index in [1.165, 1.54) is 61.5 Å². The van der Waals surface area contributed by atoms with E-state index in [0.29, 0.717) is 6.04 Å². The van der Waals surface area contributed by atoms with E-state index in [9.17, 15) is 0 Å². The number of fused-ring (bicyclic) bond motifs is 1. The molecule has 1 aromatic carbocycles. The standard InChI is InChI=1S/C18H28N2S/c1-15(14-20-10-5-2-6-11-20)13-19-17-9-12-21-18-8-4-3-7-16(17)18/h3-4,7-8,15,17,19H,2,5-6,9-14H2,1H3. The number of piperidine rings is 1. The molecule has 2 unspecified atom stereocenters. The largest absolute Gasteiger partial charge is 0.310 e. The molecule has 3 heteroatoms. The van der Waals surface area contributed by atoms with Gasteiger partial charge in [0.15, 0.2) is 0 Å². The van der Waals surface area contributed by atoms with Gasteiger partial charge in [0.05, 0.1) is 0 Å². The Balaban J connectivity index is 1.49. The minimum absolute atomic E-state index is 0.561. The van der Waals surface area contributed by atoms with Crippen LogP contribution in [0.15, 0.2) is 29.2 Å². The summed E-state index contributed by atoms with van der Waals surface area (Å²) in [6, 6.07) is 9.47. The second kappa shape index (κ2) is 7.66. The van der Waals surface area contributed by atoms with Gasteiger partial charge in [0.2, 0.25) is 0 Å². The van der Waals surface area contributed by atoms with Crippen LogP contribution in [0.5, 0.6) is 0 Å². The maximum absolute atomic E-state index is 3.83. The summed E-state index contributed by atoms with van der Waals surface area (Å²) in [6.07, 6.45) is 5.48. The van der Waals surface area contributed by atoms with Gasteiger partial charge in [0, 0.05) is 17.5 Å². The predicted octanol–water partition coefficient (Wildman–Crippen LogP) is 3.94. The van der Waals surface area contributed by atoms with E-state index < -0.39 is 0 Å². The number of likely N-dealkylation sites (tertiary alicyclic amines) is 1. The highest BCUT2D eigenvalue weighted by atomic mass is 32.2. The van der Waals surface area contributed by atoms with Crippen LogP contribution in [0.3, 0.4) is 0 Å². The first kappa shape index (κ1) is 15.4. The molecular weight excluding hydrogens is 276 g/mol. The van der Waals surface area contributed by atoms with E-state index in [1.54, 1.807) is 0 Å². The summed E-state index contributed by atoms with van der Waals surface area (Å²) in [6.45, 7) is 7.42. The minimum Gasteiger partial charge on any atom is -0.310 e. The molecule has 2 aliphatic rings. The molecule has 0 spiro atoms. The Hall–Kier alpha value is -0.510. The predicted molar refractivity (Wildman–Crippen MR) is 92.0 cm³/mol. The molecular formula is C18H28N2S. The number of hydrogen-bond donors (Lipinski definition) is 1. The van der Waals surface area contributed by atoms with Crippen molar-refractivity contribution in [2.24, 2.45) is 5.92 Å². The average molecular weight is 305 g/mol. The summed E-state index contributed by atoms with van der Waals surface area (Å²) in [5.74, 6) is 1.99. The number of rotatable bonds is 5. The lowest BCUT2D eigenvalue weighted by Crippen LogP contribution is -2.37. The fourth-order valence-corrected chi connectivity index (χ4v) is 4.67. The van der Waals surface area contributed by atoms with Crippen molar-refractivity contribution in [3.63, 3.8) is 0 Å². The highest BCUT2D eigenvalue weighted by molar-refractivity contribution is 7.99. The number of nitrogens with one attached hydrogen (secondary N) is 1. The number of hydrogen-bond acceptors (Lipinski definition) is 3. The van der Waals surface area contributed by atoms with Crippen molar-refractivity contribution in [1.82, 2.24) is 10.2 Å². The van der Waals surface area contributed by atoms with E-state index in [2.05, 4.69) is 41.4 Å². The normalized spacial score (nSPS) is 24.5.